The van der Waals surface area contributed by atoms with Gasteiger partial charge in [-0.3, -0.25) is 14.4 Å². The van der Waals surface area contributed by atoms with Gasteiger partial charge in [-0.05, 0) is 33.6 Å². The van der Waals surface area contributed by atoms with Crippen LogP contribution in [0.15, 0.2) is 0 Å². The van der Waals surface area contributed by atoms with Crippen LogP contribution in [0.4, 0.5) is 13.2 Å². The number of methoxy groups -OCH3 is 1. The zero-order chi connectivity index (χ0) is 22.3. The van der Waals surface area contributed by atoms with Crippen LogP contribution in [0.3, 0.4) is 0 Å². The third-order valence-electron chi connectivity index (χ3n) is 2.75. The molecule has 1 rings (SSSR count). The van der Waals surface area contributed by atoms with Crippen molar-refractivity contribution in [3.05, 3.63) is 0 Å². The number of carbonyl (C=O) groups excluding carboxylic acids is 3. The van der Waals surface area contributed by atoms with E-state index in [2.05, 4.69) is 4.74 Å². The van der Waals surface area contributed by atoms with E-state index in [1.54, 1.807) is 6.92 Å². The Balaban J connectivity index is -0.000000287. The lowest BCUT2D eigenvalue weighted by atomic mass is 10.2. The standard InChI is InChI=1S/C6H12O2.C6H10O.C4H8O2.C3H5F3/c1-5(7)8-6(2,3)4;1-2-6(7)5-3-4-5;1-3-4(5)6-2;1-2-3(4,5)6/h1-4H3;5H,2-4H2,1H3;3H2,1-2H3;2H2,1H3. The summed E-state index contributed by atoms with van der Waals surface area (Å²) < 4.78 is 41.4. The molecule has 0 radical (unpaired) electrons. The van der Waals surface area contributed by atoms with Gasteiger partial charge in [-0.1, -0.05) is 20.8 Å². The van der Waals surface area contributed by atoms with Crippen molar-refractivity contribution in [1.29, 1.82) is 0 Å². The minimum atomic E-state index is -3.96. The van der Waals surface area contributed by atoms with Crippen LogP contribution in [0.25, 0.3) is 0 Å². The lowest BCUT2D eigenvalue weighted by Crippen LogP contribution is -2.21. The number of carbonyl (C=O) groups is 3. The SMILES string of the molecule is CC(=O)OC(C)(C)C.CCC(=O)C1CC1.CCC(=O)OC.CCC(F)(F)F. The van der Waals surface area contributed by atoms with Crippen LogP contribution in [0.5, 0.6) is 0 Å². The van der Waals surface area contributed by atoms with Crippen molar-refractivity contribution in [3.63, 3.8) is 0 Å². The summed E-state index contributed by atoms with van der Waals surface area (Å²) in [5.74, 6) is 0.553. The molecule has 0 bridgehead atoms. The molecule has 5 nitrogen and oxygen atoms in total. The molecule has 27 heavy (non-hydrogen) atoms. The number of hydrogen-bond acceptors (Lipinski definition) is 5. The number of halogens is 3. The van der Waals surface area contributed by atoms with Gasteiger partial charge in [0.25, 0.3) is 0 Å². The maximum Gasteiger partial charge on any atom is 0.388 e. The Morgan fingerprint density at radius 2 is 1.37 bits per heavy atom. The fraction of sp³-hybridized carbons (Fsp3) is 0.842. The van der Waals surface area contributed by atoms with E-state index in [0.717, 1.165) is 26.2 Å². The van der Waals surface area contributed by atoms with Gasteiger partial charge in [-0.2, -0.15) is 13.2 Å². The molecule has 0 aromatic carbocycles. The monoisotopic (exact) mass is 400 g/mol. The highest BCUT2D eigenvalue weighted by Crippen LogP contribution is 2.30. The first kappa shape index (κ1) is 30.1. The summed E-state index contributed by atoms with van der Waals surface area (Å²) in [6.07, 6.45) is -1.16. The summed E-state index contributed by atoms with van der Waals surface area (Å²) in [6, 6.07) is 0. The highest BCUT2D eigenvalue weighted by molar-refractivity contribution is 5.82. The Hall–Kier alpha value is -1.60. The highest BCUT2D eigenvalue weighted by Gasteiger charge is 2.27. The van der Waals surface area contributed by atoms with Crippen molar-refractivity contribution in [2.24, 2.45) is 5.92 Å². The van der Waals surface area contributed by atoms with Crippen molar-refractivity contribution >= 4 is 17.7 Å². The summed E-state index contributed by atoms with van der Waals surface area (Å²) in [5, 5.41) is 0. The second kappa shape index (κ2) is 15.5. The maximum absolute atomic E-state index is 10.8. The second-order valence-electron chi connectivity index (χ2n) is 6.70. The molecule has 0 N–H and O–H groups in total. The number of esters is 2. The van der Waals surface area contributed by atoms with Crippen LogP contribution in [0, 0.1) is 5.92 Å². The third kappa shape index (κ3) is 32.5. The first-order valence-electron chi connectivity index (χ1n) is 8.99. The molecule has 0 amide bonds. The fourth-order valence-corrected chi connectivity index (χ4v) is 1.27. The third-order valence-corrected chi connectivity index (χ3v) is 2.75. The summed E-state index contributed by atoms with van der Waals surface area (Å²) in [7, 11) is 1.38. The summed E-state index contributed by atoms with van der Waals surface area (Å²) in [4.78, 5) is 30.8. The van der Waals surface area contributed by atoms with Crippen LogP contribution < -0.4 is 0 Å². The maximum atomic E-state index is 10.8. The molecular formula is C19H35F3O5. The Bertz CT molecular complexity index is 416. The van der Waals surface area contributed by atoms with Crippen molar-refractivity contribution in [3.8, 4) is 0 Å². The number of Topliss-reactive ketones (excluding diaryl/α,β-unsaturated/α-hetero) is 1. The van der Waals surface area contributed by atoms with Gasteiger partial charge in [0.1, 0.15) is 11.4 Å². The van der Waals surface area contributed by atoms with Crippen molar-refractivity contribution in [2.45, 2.75) is 92.3 Å². The van der Waals surface area contributed by atoms with Crippen LogP contribution in [0.2, 0.25) is 0 Å². The van der Waals surface area contributed by atoms with E-state index in [9.17, 15) is 27.6 Å². The Morgan fingerprint density at radius 1 is 0.963 bits per heavy atom. The average Bonchev–Trinajstić information content (AvgIpc) is 3.37. The number of hydrogen-bond donors (Lipinski definition) is 0. The Kier molecular flexibility index (Phi) is 17.3. The molecule has 0 heterocycles. The van der Waals surface area contributed by atoms with Gasteiger partial charge in [0.05, 0.1) is 7.11 Å². The Morgan fingerprint density at radius 3 is 1.41 bits per heavy atom. The summed E-state index contributed by atoms with van der Waals surface area (Å²) in [5.41, 5.74) is -0.328. The van der Waals surface area contributed by atoms with Crippen molar-refractivity contribution in [1.82, 2.24) is 0 Å². The molecular weight excluding hydrogens is 365 g/mol. The first-order valence-corrected chi connectivity index (χ1v) is 8.99. The molecule has 1 aliphatic carbocycles. The molecule has 0 spiro atoms. The molecule has 1 aliphatic rings. The van der Waals surface area contributed by atoms with Gasteiger partial charge in [0.2, 0.25) is 0 Å². The average molecular weight is 400 g/mol. The largest absolute Gasteiger partial charge is 0.469 e. The molecule has 162 valence electrons. The van der Waals surface area contributed by atoms with Gasteiger partial charge in [-0.15, -0.1) is 0 Å². The number of ether oxygens (including phenoxy) is 2. The zero-order valence-corrected chi connectivity index (χ0v) is 17.8. The van der Waals surface area contributed by atoms with E-state index in [1.165, 1.54) is 14.0 Å². The molecule has 0 aromatic heterocycles. The predicted molar refractivity (Wildman–Crippen MR) is 98.2 cm³/mol. The number of ketones is 1. The van der Waals surface area contributed by atoms with Gasteiger partial charge < -0.3 is 9.47 Å². The lowest BCUT2D eigenvalue weighted by Gasteiger charge is -2.17. The first-order chi connectivity index (χ1) is 12.1. The van der Waals surface area contributed by atoms with Gasteiger partial charge >= 0.3 is 18.1 Å². The fourth-order valence-electron chi connectivity index (χ4n) is 1.27. The quantitative estimate of drug-likeness (QED) is 0.605. The second-order valence-corrected chi connectivity index (χ2v) is 6.70. The topological polar surface area (TPSA) is 69.7 Å². The van der Waals surface area contributed by atoms with E-state index in [1.807, 2.05) is 27.7 Å². The molecule has 1 fully saturated rings. The van der Waals surface area contributed by atoms with E-state index in [4.69, 9.17) is 4.74 Å². The van der Waals surface area contributed by atoms with E-state index in [-0.39, 0.29) is 17.5 Å². The summed E-state index contributed by atoms with van der Waals surface area (Å²) in [6.45, 7) is 11.7. The molecule has 0 unspecified atom stereocenters. The van der Waals surface area contributed by atoms with Crippen molar-refractivity contribution < 1.29 is 37.0 Å². The van der Waals surface area contributed by atoms with E-state index in [0.29, 0.717) is 18.1 Å². The van der Waals surface area contributed by atoms with Crippen LogP contribution >= 0.6 is 0 Å². The van der Waals surface area contributed by atoms with Gasteiger partial charge in [0, 0.05) is 32.1 Å². The zero-order valence-electron chi connectivity index (χ0n) is 17.8. The van der Waals surface area contributed by atoms with Crippen LogP contribution in [-0.4, -0.2) is 36.6 Å². The van der Waals surface area contributed by atoms with Crippen LogP contribution in [-0.2, 0) is 23.9 Å². The molecule has 0 aliphatic heterocycles. The highest BCUT2D eigenvalue weighted by atomic mass is 19.4. The van der Waals surface area contributed by atoms with Crippen molar-refractivity contribution in [2.75, 3.05) is 7.11 Å². The van der Waals surface area contributed by atoms with Gasteiger partial charge in [0.15, 0.2) is 0 Å². The van der Waals surface area contributed by atoms with E-state index < -0.39 is 12.6 Å². The minimum Gasteiger partial charge on any atom is -0.469 e. The van der Waals surface area contributed by atoms with Crippen LogP contribution in [0.1, 0.15) is 80.6 Å². The lowest BCUT2D eigenvalue weighted by molar-refractivity contribution is -0.152. The summed E-state index contributed by atoms with van der Waals surface area (Å²) >= 11 is 0. The molecule has 1 saturated carbocycles. The van der Waals surface area contributed by atoms with E-state index >= 15 is 0 Å². The normalized spacial score (nSPS) is 12.7. The predicted octanol–water partition coefficient (Wildman–Crippen LogP) is 5.25. The minimum absolute atomic E-state index is 0.157. The number of alkyl halides is 3. The smallest absolute Gasteiger partial charge is 0.388 e. The molecule has 0 aromatic rings. The molecule has 0 saturated heterocycles. The van der Waals surface area contributed by atoms with Gasteiger partial charge in [-0.25, -0.2) is 0 Å². The number of rotatable bonds is 3. The Labute approximate surface area is 161 Å². The molecule has 8 heteroatoms. The molecule has 0 atom stereocenters.